The van der Waals surface area contributed by atoms with Gasteiger partial charge in [0.1, 0.15) is 0 Å². The molecule has 0 amide bonds. The van der Waals surface area contributed by atoms with Crippen molar-refractivity contribution in [3.8, 4) is 0 Å². The van der Waals surface area contributed by atoms with E-state index in [1.165, 1.54) is 4.31 Å². The number of nitrogens with one attached hydrogen (secondary N) is 1. The Balaban J connectivity index is 2.12. The molecule has 0 unspecified atom stereocenters. The van der Waals surface area contributed by atoms with Crippen LogP contribution in [0.15, 0.2) is 29.2 Å². The van der Waals surface area contributed by atoms with Gasteiger partial charge in [-0.1, -0.05) is 0 Å². The van der Waals surface area contributed by atoms with E-state index >= 15 is 0 Å². The molecule has 0 aromatic heterocycles. The van der Waals surface area contributed by atoms with E-state index in [1.807, 2.05) is 6.92 Å². The lowest BCUT2D eigenvalue weighted by molar-refractivity contribution is 0.453. The molecule has 0 bridgehead atoms. The number of benzene rings is 1. The molecule has 0 heterocycles. The van der Waals surface area contributed by atoms with Crippen molar-refractivity contribution in [1.82, 2.24) is 4.31 Å². The minimum absolute atomic E-state index is 0.368. The van der Waals surface area contributed by atoms with E-state index in [0.717, 1.165) is 25.1 Å². The second-order valence-electron chi connectivity index (χ2n) is 4.78. The van der Waals surface area contributed by atoms with Crippen LogP contribution in [-0.4, -0.2) is 32.9 Å². The summed E-state index contributed by atoms with van der Waals surface area (Å²) in [5.41, 5.74) is 0.946. The van der Waals surface area contributed by atoms with Crippen LogP contribution in [0, 0.1) is 5.92 Å². The van der Waals surface area contributed by atoms with Crippen molar-refractivity contribution in [3.63, 3.8) is 0 Å². The number of rotatable bonds is 6. The lowest BCUT2D eigenvalue weighted by Gasteiger charge is -2.17. The summed E-state index contributed by atoms with van der Waals surface area (Å²) in [5.74, 6) is 0.561. The van der Waals surface area contributed by atoms with Crippen LogP contribution in [0.4, 0.5) is 5.69 Å². The molecule has 0 saturated heterocycles. The zero-order valence-corrected chi connectivity index (χ0v) is 11.7. The Bertz CT molecular complexity index is 492. The van der Waals surface area contributed by atoms with Crippen LogP contribution in [0.2, 0.25) is 0 Å². The van der Waals surface area contributed by atoms with E-state index in [9.17, 15) is 8.42 Å². The fraction of sp³-hybridized carbons (Fsp3) is 0.538. The van der Waals surface area contributed by atoms with E-state index < -0.39 is 10.0 Å². The third kappa shape index (κ3) is 3.03. The smallest absolute Gasteiger partial charge is 0.242 e. The SMILES string of the molecule is CCNc1ccc(S(=O)(=O)N(C)CC2CC2)cc1. The van der Waals surface area contributed by atoms with Gasteiger partial charge in [-0.2, -0.15) is 0 Å². The van der Waals surface area contributed by atoms with Crippen molar-refractivity contribution in [1.29, 1.82) is 0 Å². The van der Waals surface area contributed by atoms with Crippen LogP contribution in [0.1, 0.15) is 19.8 Å². The quantitative estimate of drug-likeness (QED) is 0.860. The average molecular weight is 268 g/mol. The third-order valence-electron chi connectivity index (χ3n) is 3.16. The summed E-state index contributed by atoms with van der Waals surface area (Å²) in [7, 11) is -1.66. The molecule has 0 spiro atoms. The van der Waals surface area contributed by atoms with Crippen LogP contribution in [0.25, 0.3) is 0 Å². The molecule has 4 nitrogen and oxygen atoms in total. The largest absolute Gasteiger partial charge is 0.385 e. The van der Waals surface area contributed by atoms with Crippen LogP contribution >= 0.6 is 0 Å². The Kier molecular flexibility index (Phi) is 3.92. The van der Waals surface area contributed by atoms with Crippen LogP contribution in [0.5, 0.6) is 0 Å². The molecule has 0 aliphatic heterocycles. The average Bonchev–Trinajstić information content (AvgIpc) is 3.14. The van der Waals surface area contributed by atoms with Gasteiger partial charge in [-0.05, 0) is 49.9 Å². The highest BCUT2D eigenvalue weighted by atomic mass is 32.2. The van der Waals surface area contributed by atoms with Crippen molar-refractivity contribution in [3.05, 3.63) is 24.3 Å². The lowest BCUT2D eigenvalue weighted by atomic mass is 10.3. The number of sulfonamides is 1. The number of nitrogens with zero attached hydrogens (tertiary/aromatic N) is 1. The highest BCUT2D eigenvalue weighted by Gasteiger charge is 2.28. The summed E-state index contributed by atoms with van der Waals surface area (Å²) in [6.07, 6.45) is 2.30. The van der Waals surface area contributed by atoms with Gasteiger partial charge in [-0.3, -0.25) is 0 Å². The van der Waals surface area contributed by atoms with E-state index in [0.29, 0.717) is 17.4 Å². The molecule has 5 heteroatoms. The van der Waals surface area contributed by atoms with Crippen LogP contribution in [0.3, 0.4) is 0 Å². The fourth-order valence-corrected chi connectivity index (χ4v) is 3.14. The molecule has 1 aliphatic carbocycles. The Morgan fingerprint density at radius 3 is 2.39 bits per heavy atom. The number of hydrogen-bond acceptors (Lipinski definition) is 3. The van der Waals surface area contributed by atoms with E-state index in [-0.39, 0.29) is 0 Å². The highest BCUT2D eigenvalue weighted by molar-refractivity contribution is 7.89. The van der Waals surface area contributed by atoms with Gasteiger partial charge >= 0.3 is 0 Å². The van der Waals surface area contributed by atoms with Crippen LogP contribution < -0.4 is 5.32 Å². The van der Waals surface area contributed by atoms with E-state index in [1.54, 1.807) is 31.3 Å². The molecule has 18 heavy (non-hydrogen) atoms. The first-order valence-corrected chi connectivity index (χ1v) is 7.78. The maximum absolute atomic E-state index is 12.3. The zero-order chi connectivity index (χ0) is 13.2. The molecule has 1 saturated carbocycles. The molecule has 1 aromatic rings. The van der Waals surface area contributed by atoms with Gasteiger partial charge in [0.15, 0.2) is 0 Å². The molecule has 1 N–H and O–H groups in total. The normalized spacial score (nSPS) is 15.9. The molecule has 0 radical (unpaired) electrons. The summed E-state index contributed by atoms with van der Waals surface area (Å²) < 4.78 is 26.0. The molecule has 1 aliphatic rings. The molecular formula is C13H20N2O2S. The molecule has 1 aromatic carbocycles. The molecule has 100 valence electrons. The number of hydrogen-bond donors (Lipinski definition) is 1. The predicted molar refractivity (Wildman–Crippen MR) is 73.1 cm³/mol. The first kappa shape index (κ1) is 13.4. The second-order valence-corrected chi connectivity index (χ2v) is 6.83. The minimum atomic E-state index is -3.32. The highest BCUT2D eigenvalue weighted by Crippen LogP contribution is 2.31. The van der Waals surface area contributed by atoms with Gasteiger partial charge in [0, 0.05) is 25.8 Å². The van der Waals surface area contributed by atoms with Gasteiger partial charge in [0.2, 0.25) is 10.0 Å². The Morgan fingerprint density at radius 2 is 1.89 bits per heavy atom. The maximum atomic E-state index is 12.3. The van der Waals surface area contributed by atoms with Gasteiger partial charge < -0.3 is 5.32 Å². The van der Waals surface area contributed by atoms with Gasteiger partial charge in [-0.25, -0.2) is 12.7 Å². The van der Waals surface area contributed by atoms with Gasteiger partial charge in [-0.15, -0.1) is 0 Å². The van der Waals surface area contributed by atoms with Crippen molar-refractivity contribution < 1.29 is 8.42 Å². The number of anilines is 1. The first-order chi connectivity index (χ1) is 8.54. The Hall–Kier alpha value is -1.07. The monoisotopic (exact) mass is 268 g/mol. The Labute approximate surface area is 109 Å². The maximum Gasteiger partial charge on any atom is 0.242 e. The van der Waals surface area contributed by atoms with Crippen molar-refractivity contribution in [2.45, 2.75) is 24.7 Å². The van der Waals surface area contributed by atoms with Crippen molar-refractivity contribution >= 4 is 15.7 Å². The summed E-state index contributed by atoms with van der Waals surface area (Å²) in [4.78, 5) is 0.368. The molecule has 2 rings (SSSR count). The van der Waals surface area contributed by atoms with Gasteiger partial charge in [0.25, 0.3) is 0 Å². The van der Waals surface area contributed by atoms with Crippen molar-refractivity contribution in [2.75, 3.05) is 25.5 Å². The molecular weight excluding hydrogens is 248 g/mol. The minimum Gasteiger partial charge on any atom is -0.385 e. The first-order valence-electron chi connectivity index (χ1n) is 6.34. The second kappa shape index (κ2) is 5.28. The Morgan fingerprint density at radius 1 is 1.28 bits per heavy atom. The van der Waals surface area contributed by atoms with E-state index in [4.69, 9.17) is 0 Å². The van der Waals surface area contributed by atoms with Crippen LogP contribution in [-0.2, 0) is 10.0 Å². The topological polar surface area (TPSA) is 49.4 Å². The fourth-order valence-electron chi connectivity index (χ4n) is 1.89. The molecule has 0 atom stereocenters. The van der Waals surface area contributed by atoms with Crippen molar-refractivity contribution in [2.24, 2.45) is 5.92 Å². The summed E-state index contributed by atoms with van der Waals surface area (Å²) in [5, 5.41) is 3.15. The molecule has 1 fully saturated rings. The predicted octanol–water partition coefficient (Wildman–Crippen LogP) is 2.15. The lowest BCUT2D eigenvalue weighted by Crippen LogP contribution is -2.28. The standard InChI is InChI=1S/C13H20N2O2S/c1-3-14-12-6-8-13(9-7-12)18(16,17)15(2)10-11-4-5-11/h6-9,11,14H,3-5,10H2,1-2H3. The van der Waals surface area contributed by atoms with E-state index in [2.05, 4.69) is 5.32 Å². The van der Waals surface area contributed by atoms with Gasteiger partial charge in [0.05, 0.1) is 4.90 Å². The summed E-state index contributed by atoms with van der Waals surface area (Å²) in [6.45, 7) is 3.47. The zero-order valence-electron chi connectivity index (χ0n) is 10.9. The third-order valence-corrected chi connectivity index (χ3v) is 4.99. The summed E-state index contributed by atoms with van der Waals surface area (Å²) >= 11 is 0. The summed E-state index contributed by atoms with van der Waals surface area (Å²) in [6, 6.07) is 6.94.